The van der Waals surface area contributed by atoms with Crippen molar-refractivity contribution < 1.29 is 24.0 Å². The summed E-state index contributed by atoms with van der Waals surface area (Å²) in [5.41, 5.74) is 1.08. The second-order valence-corrected chi connectivity index (χ2v) is 9.82. The van der Waals surface area contributed by atoms with Crippen molar-refractivity contribution in [2.45, 2.75) is 30.4 Å². The summed E-state index contributed by atoms with van der Waals surface area (Å²) in [5, 5.41) is 16.6. The van der Waals surface area contributed by atoms with Crippen LogP contribution >= 0.6 is 23.1 Å². The summed E-state index contributed by atoms with van der Waals surface area (Å²) in [6.45, 7) is 2.77. The number of hydrogen-bond donors (Lipinski definition) is 2. The first-order valence-electron chi connectivity index (χ1n) is 10.5. The number of ether oxygens (including phenoxy) is 2. The van der Waals surface area contributed by atoms with Gasteiger partial charge >= 0.3 is 0 Å². The van der Waals surface area contributed by atoms with Crippen LogP contribution in [-0.4, -0.2) is 47.0 Å². The van der Waals surface area contributed by atoms with Gasteiger partial charge in [0.05, 0.1) is 28.4 Å². The Labute approximate surface area is 203 Å². The van der Waals surface area contributed by atoms with Gasteiger partial charge in [-0.1, -0.05) is 11.8 Å². The molecule has 1 fully saturated rings. The molecule has 0 aliphatic carbocycles. The van der Waals surface area contributed by atoms with E-state index < -0.39 is 10.8 Å². The molecule has 0 radical (unpaired) electrons. The summed E-state index contributed by atoms with van der Waals surface area (Å²) < 4.78 is 12.9. The quantitative estimate of drug-likeness (QED) is 0.258. The molecule has 2 amide bonds. The van der Waals surface area contributed by atoms with Gasteiger partial charge in [-0.15, -0.1) is 11.3 Å². The van der Waals surface area contributed by atoms with Gasteiger partial charge in [-0.2, -0.15) is 0 Å². The molecule has 178 valence electrons. The van der Waals surface area contributed by atoms with Crippen molar-refractivity contribution in [2.24, 2.45) is 0 Å². The average molecular weight is 503 g/mol. The zero-order valence-electron chi connectivity index (χ0n) is 18.2. The molecule has 0 spiro atoms. The number of amides is 2. The smallest absolute Gasteiger partial charge is 0.282 e. The van der Waals surface area contributed by atoms with Gasteiger partial charge < -0.3 is 20.1 Å². The fourth-order valence-corrected chi connectivity index (χ4v) is 5.48. The van der Waals surface area contributed by atoms with Crippen molar-refractivity contribution in [2.75, 3.05) is 29.6 Å². The van der Waals surface area contributed by atoms with Crippen LogP contribution in [0.4, 0.5) is 17.1 Å². The van der Waals surface area contributed by atoms with Crippen molar-refractivity contribution in [3.8, 4) is 0 Å². The van der Waals surface area contributed by atoms with Crippen LogP contribution in [0.15, 0.2) is 40.7 Å². The highest BCUT2D eigenvalue weighted by molar-refractivity contribution is 8.01. The molecule has 0 unspecified atom stereocenters. The molecule has 3 aromatic rings. The Morgan fingerprint density at radius 1 is 1.18 bits per heavy atom. The molecule has 2 heterocycles. The van der Waals surface area contributed by atoms with Crippen molar-refractivity contribution in [3.05, 3.63) is 52.1 Å². The Kier molecular flexibility index (Phi) is 7.73. The van der Waals surface area contributed by atoms with E-state index in [0.29, 0.717) is 11.4 Å². The average Bonchev–Trinajstić information content (AvgIpc) is 3.21. The van der Waals surface area contributed by atoms with E-state index >= 15 is 0 Å². The summed E-state index contributed by atoms with van der Waals surface area (Å²) >= 11 is 3.12. The molecule has 0 bridgehead atoms. The number of nitro groups is 1. The number of nitrogens with one attached hydrogen (secondary N) is 2. The largest absolute Gasteiger partial charge is 0.353 e. The number of thiazole rings is 1. The number of thioether (sulfide) groups is 1. The number of aromatic nitrogens is 1. The van der Waals surface area contributed by atoms with Crippen molar-refractivity contribution >= 4 is 62.2 Å². The summed E-state index contributed by atoms with van der Waals surface area (Å²) in [5.74, 6) is -0.185. The van der Waals surface area contributed by atoms with Crippen molar-refractivity contribution in [1.82, 2.24) is 4.98 Å². The fraction of sp³-hybridized carbons (Fsp3) is 0.318. The van der Waals surface area contributed by atoms with Crippen LogP contribution < -0.4 is 10.6 Å². The molecule has 1 aromatic heterocycles. The number of carbonyl (C=O) groups is 2. The molecule has 1 saturated heterocycles. The maximum atomic E-state index is 12.8. The Morgan fingerprint density at radius 3 is 2.65 bits per heavy atom. The lowest BCUT2D eigenvalue weighted by Crippen LogP contribution is -2.25. The molecule has 10 nitrogen and oxygen atoms in total. The van der Waals surface area contributed by atoms with Gasteiger partial charge in [0.1, 0.15) is 5.56 Å². The highest BCUT2D eigenvalue weighted by atomic mass is 32.2. The van der Waals surface area contributed by atoms with Crippen molar-refractivity contribution in [3.63, 3.8) is 0 Å². The Balaban J connectivity index is 1.45. The summed E-state index contributed by atoms with van der Waals surface area (Å²) in [4.78, 5) is 39.5. The monoisotopic (exact) mass is 502 g/mol. The highest BCUT2D eigenvalue weighted by Crippen LogP contribution is 2.32. The number of anilines is 2. The number of fused-ring (bicyclic) bond motifs is 1. The predicted octanol–water partition coefficient (Wildman–Crippen LogP) is 4.66. The van der Waals surface area contributed by atoms with Crippen LogP contribution in [-0.2, 0) is 14.3 Å². The minimum absolute atomic E-state index is 0.149. The van der Waals surface area contributed by atoms with E-state index in [9.17, 15) is 19.7 Å². The Hall–Kier alpha value is -3.06. The van der Waals surface area contributed by atoms with Crippen LogP contribution in [0.1, 0.15) is 30.1 Å². The second-order valence-electron chi connectivity index (χ2n) is 7.45. The molecule has 0 saturated carbocycles. The normalized spacial score (nSPS) is 14.1. The minimum Gasteiger partial charge on any atom is -0.353 e. The molecule has 0 atom stereocenters. The first-order chi connectivity index (χ1) is 16.4. The molecule has 34 heavy (non-hydrogen) atoms. The van der Waals surface area contributed by atoms with E-state index in [-0.39, 0.29) is 23.4 Å². The number of nitro benzene ring substituents is 1. The minimum atomic E-state index is -0.648. The maximum Gasteiger partial charge on any atom is 0.282 e. The molecular weight excluding hydrogens is 480 g/mol. The highest BCUT2D eigenvalue weighted by Gasteiger charge is 2.21. The van der Waals surface area contributed by atoms with Gasteiger partial charge in [0.15, 0.2) is 10.6 Å². The van der Waals surface area contributed by atoms with E-state index in [1.165, 1.54) is 36.5 Å². The topological polar surface area (TPSA) is 133 Å². The van der Waals surface area contributed by atoms with Crippen molar-refractivity contribution in [1.29, 1.82) is 0 Å². The number of carbonyl (C=O) groups excluding carboxylic acids is 2. The number of hydrogen-bond acceptors (Lipinski definition) is 9. The van der Waals surface area contributed by atoms with Crippen LogP contribution in [0.3, 0.4) is 0 Å². The van der Waals surface area contributed by atoms with E-state index in [1.54, 1.807) is 30.0 Å². The molecular formula is C22H22N4O6S2. The SMILES string of the molecule is CC(=O)Nc1ccc([N+](=O)[O-])c(C(=O)Nc2ccc3nc(SCCC4OCCCO4)sc3c2)c1. The van der Waals surface area contributed by atoms with Gasteiger partial charge in [-0.25, -0.2) is 4.98 Å². The zero-order chi connectivity index (χ0) is 24.1. The lowest BCUT2D eigenvalue weighted by atomic mass is 10.1. The maximum absolute atomic E-state index is 12.8. The third kappa shape index (κ3) is 6.08. The zero-order valence-corrected chi connectivity index (χ0v) is 19.9. The van der Waals surface area contributed by atoms with Crippen LogP contribution in [0.2, 0.25) is 0 Å². The van der Waals surface area contributed by atoms with Gasteiger partial charge in [0.25, 0.3) is 11.6 Å². The summed E-state index contributed by atoms with van der Waals surface area (Å²) in [6, 6.07) is 9.13. The molecule has 4 rings (SSSR count). The second kappa shape index (κ2) is 10.9. The third-order valence-electron chi connectivity index (χ3n) is 4.86. The van der Waals surface area contributed by atoms with Crippen LogP contribution in [0.5, 0.6) is 0 Å². The molecule has 1 aliphatic rings. The lowest BCUT2D eigenvalue weighted by molar-refractivity contribution is -0.385. The molecule has 12 heteroatoms. The predicted molar refractivity (Wildman–Crippen MR) is 131 cm³/mol. The Morgan fingerprint density at radius 2 is 1.91 bits per heavy atom. The van der Waals surface area contributed by atoms with Gasteiger partial charge in [-0.3, -0.25) is 19.7 Å². The number of nitrogens with zero attached hydrogens (tertiary/aromatic N) is 2. The van der Waals surface area contributed by atoms with Gasteiger partial charge in [-0.05, 0) is 36.8 Å². The molecule has 1 aliphatic heterocycles. The third-order valence-corrected chi connectivity index (χ3v) is 7.05. The van der Waals surface area contributed by atoms with E-state index in [4.69, 9.17) is 9.47 Å². The number of benzene rings is 2. The summed E-state index contributed by atoms with van der Waals surface area (Å²) in [6.07, 6.45) is 1.54. The van der Waals surface area contributed by atoms with E-state index in [2.05, 4.69) is 15.6 Å². The van der Waals surface area contributed by atoms with Gasteiger partial charge in [0, 0.05) is 36.5 Å². The first kappa shape index (κ1) is 24.1. The number of rotatable bonds is 8. The Bertz CT molecular complexity index is 1230. The lowest BCUT2D eigenvalue weighted by Gasteiger charge is -2.22. The molecule has 2 N–H and O–H groups in total. The summed E-state index contributed by atoms with van der Waals surface area (Å²) in [7, 11) is 0. The standard InChI is InChI=1S/C22H22N4O6S2/c1-13(27)23-14-4-6-18(26(29)30)16(11-14)21(28)24-15-3-5-17-19(12-15)34-22(25-17)33-10-7-20-31-8-2-9-32-20/h3-6,11-12,20H,2,7-10H2,1H3,(H,23,27)(H,24,28). The van der Waals surface area contributed by atoms with Crippen LogP contribution in [0, 0.1) is 10.1 Å². The van der Waals surface area contributed by atoms with Crippen LogP contribution in [0.25, 0.3) is 10.2 Å². The van der Waals surface area contributed by atoms with Gasteiger partial charge in [0.2, 0.25) is 5.91 Å². The van der Waals surface area contributed by atoms with E-state index in [1.807, 2.05) is 0 Å². The fourth-order valence-electron chi connectivity index (χ4n) is 3.35. The first-order valence-corrected chi connectivity index (χ1v) is 12.3. The molecule has 2 aromatic carbocycles. The van der Waals surface area contributed by atoms with E-state index in [0.717, 1.165) is 46.4 Å².